The summed E-state index contributed by atoms with van der Waals surface area (Å²) in [6.45, 7) is 5.42. The number of nitrogens with zero attached hydrogens (tertiary/aromatic N) is 2. The van der Waals surface area contributed by atoms with Crippen molar-refractivity contribution >= 4 is 21.8 Å². The second-order valence-corrected chi connectivity index (χ2v) is 7.17. The number of hydrogen-bond acceptors (Lipinski definition) is 2. The maximum atomic E-state index is 5.36. The molecule has 3 nitrogen and oxygen atoms in total. The third-order valence-corrected chi connectivity index (χ3v) is 5.53. The molecule has 138 valence electrons. The van der Waals surface area contributed by atoms with Crippen molar-refractivity contribution in [3.05, 3.63) is 72.1 Å². The number of aryl methyl sites for hydroxylation is 2. The van der Waals surface area contributed by atoms with Crippen LogP contribution in [-0.2, 0) is 13.0 Å². The average Bonchev–Trinajstić information content (AvgIpc) is 3.05. The molecule has 0 saturated heterocycles. The number of pyridine rings is 1. The zero-order valence-corrected chi connectivity index (χ0v) is 16.3. The molecule has 27 heavy (non-hydrogen) atoms. The van der Waals surface area contributed by atoms with Gasteiger partial charge >= 0.3 is 0 Å². The summed E-state index contributed by atoms with van der Waals surface area (Å²) in [6.07, 6.45) is 4.09. The number of rotatable bonds is 6. The number of methoxy groups -OCH3 is 1. The van der Waals surface area contributed by atoms with E-state index in [2.05, 4.69) is 66.9 Å². The van der Waals surface area contributed by atoms with Crippen LogP contribution in [0.2, 0.25) is 0 Å². The van der Waals surface area contributed by atoms with Gasteiger partial charge in [-0.3, -0.25) is 4.98 Å². The Morgan fingerprint density at radius 1 is 1.00 bits per heavy atom. The van der Waals surface area contributed by atoms with Gasteiger partial charge in [-0.05, 0) is 55.5 Å². The summed E-state index contributed by atoms with van der Waals surface area (Å²) in [5, 5.41) is 2.63. The van der Waals surface area contributed by atoms with Crippen LogP contribution in [0.25, 0.3) is 21.8 Å². The third kappa shape index (κ3) is 3.30. The molecule has 0 saturated carbocycles. The highest BCUT2D eigenvalue weighted by Gasteiger charge is 2.12. The molecule has 3 heteroatoms. The van der Waals surface area contributed by atoms with Gasteiger partial charge in [-0.25, -0.2) is 0 Å². The second-order valence-electron chi connectivity index (χ2n) is 7.17. The highest BCUT2D eigenvalue weighted by atomic mass is 16.5. The SMILES string of the molecule is CCn1c2ccccc2c2cc(CC[C@H](C)c3cccc(OC)c3)ncc21. The molecule has 0 aliphatic rings. The van der Waals surface area contributed by atoms with Crippen molar-refractivity contribution in [1.82, 2.24) is 9.55 Å². The Balaban J connectivity index is 1.60. The predicted molar refractivity (Wildman–Crippen MR) is 113 cm³/mol. The first-order chi connectivity index (χ1) is 13.2. The minimum absolute atomic E-state index is 0.467. The molecule has 0 aliphatic heterocycles. The summed E-state index contributed by atoms with van der Waals surface area (Å²) < 4.78 is 7.70. The zero-order chi connectivity index (χ0) is 18.8. The summed E-state index contributed by atoms with van der Waals surface area (Å²) in [5.74, 6) is 1.39. The summed E-state index contributed by atoms with van der Waals surface area (Å²) in [6, 6.07) is 19.3. The van der Waals surface area contributed by atoms with Crippen molar-refractivity contribution in [2.45, 2.75) is 39.2 Å². The van der Waals surface area contributed by atoms with Gasteiger partial charge in [0.2, 0.25) is 0 Å². The van der Waals surface area contributed by atoms with Crippen molar-refractivity contribution in [2.75, 3.05) is 7.11 Å². The van der Waals surface area contributed by atoms with Crippen LogP contribution < -0.4 is 4.74 Å². The smallest absolute Gasteiger partial charge is 0.119 e. The normalized spacial score (nSPS) is 12.6. The van der Waals surface area contributed by atoms with Crippen molar-refractivity contribution in [3.63, 3.8) is 0 Å². The van der Waals surface area contributed by atoms with E-state index in [-0.39, 0.29) is 0 Å². The first-order valence-corrected chi connectivity index (χ1v) is 9.71. The lowest BCUT2D eigenvalue weighted by Crippen LogP contribution is -1.99. The van der Waals surface area contributed by atoms with E-state index in [1.54, 1.807) is 7.11 Å². The van der Waals surface area contributed by atoms with Gasteiger partial charge in [0.05, 0.1) is 18.8 Å². The van der Waals surface area contributed by atoms with Crippen LogP contribution in [0.15, 0.2) is 60.8 Å². The largest absolute Gasteiger partial charge is 0.497 e. The van der Waals surface area contributed by atoms with Crippen LogP contribution >= 0.6 is 0 Å². The van der Waals surface area contributed by atoms with Gasteiger partial charge < -0.3 is 9.30 Å². The van der Waals surface area contributed by atoms with Gasteiger partial charge in [-0.2, -0.15) is 0 Å². The molecule has 2 heterocycles. The summed E-state index contributed by atoms with van der Waals surface area (Å²) in [5.41, 5.74) is 5.00. The molecule has 0 radical (unpaired) electrons. The van der Waals surface area contributed by atoms with E-state index in [1.165, 1.54) is 27.4 Å². The van der Waals surface area contributed by atoms with Gasteiger partial charge in [-0.15, -0.1) is 0 Å². The van der Waals surface area contributed by atoms with Crippen LogP contribution in [0.1, 0.15) is 37.4 Å². The van der Waals surface area contributed by atoms with E-state index in [1.807, 2.05) is 12.3 Å². The van der Waals surface area contributed by atoms with Gasteiger partial charge in [0.25, 0.3) is 0 Å². The molecule has 2 aromatic carbocycles. The Labute approximate surface area is 160 Å². The molecule has 2 aromatic heterocycles. The molecular weight excluding hydrogens is 332 g/mol. The Morgan fingerprint density at radius 3 is 2.67 bits per heavy atom. The van der Waals surface area contributed by atoms with Crippen molar-refractivity contribution < 1.29 is 4.74 Å². The topological polar surface area (TPSA) is 27.1 Å². The summed E-state index contributed by atoms with van der Waals surface area (Å²) in [4.78, 5) is 4.76. The molecular formula is C24H26N2O. The quantitative estimate of drug-likeness (QED) is 0.425. The lowest BCUT2D eigenvalue weighted by atomic mass is 9.95. The number of hydrogen-bond donors (Lipinski definition) is 0. The van der Waals surface area contributed by atoms with E-state index in [9.17, 15) is 0 Å². The fourth-order valence-corrected chi connectivity index (χ4v) is 3.95. The molecule has 0 aliphatic carbocycles. The molecule has 4 aromatic rings. The van der Waals surface area contributed by atoms with Crippen LogP contribution in [0, 0.1) is 0 Å². The highest BCUT2D eigenvalue weighted by Crippen LogP contribution is 2.30. The Kier molecular flexibility index (Phi) is 4.85. The second kappa shape index (κ2) is 7.43. The van der Waals surface area contributed by atoms with Crippen molar-refractivity contribution in [1.29, 1.82) is 0 Å². The van der Waals surface area contributed by atoms with Crippen molar-refractivity contribution in [2.24, 2.45) is 0 Å². The Bertz CT molecular complexity index is 1080. The molecule has 0 fully saturated rings. The fraction of sp³-hybridized carbons (Fsp3) is 0.292. The minimum Gasteiger partial charge on any atom is -0.497 e. The molecule has 0 unspecified atom stereocenters. The number of benzene rings is 2. The van der Waals surface area contributed by atoms with Gasteiger partial charge in [0.1, 0.15) is 5.75 Å². The molecule has 0 bridgehead atoms. The van der Waals surface area contributed by atoms with Crippen LogP contribution in [0.5, 0.6) is 5.75 Å². The maximum absolute atomic E-state index is 5.36. The van der Waals surface area contributed by atoms with E-state index >= 15 is 0 Å². The lowest BCUT2D eigenvalue weighted by Gasteiger charge is -2.13. The molecule has 0 spiro atoms. The summed E-state index contributed by atoms with van der Waals surface area (Å²) in [7, 11) is 1.72. The van der Waals surface area contributed by atoms with Gasteiger partial charge in [-0.1, -0.05) is 37.3 Å². The monoisotopic (exact) mass is 358 g/mol. The Hall–Kier alpha value is -2.81. The zero-order valence-electron chi connectivity index (χ0n) is 16.3. The van der Waals surface area contributed by atoms with Gasteiger partial charge in [0.15, 0.2) is 0 Å². The highest BCUT2D eigenvalue weighted by molar-refractivity contribution is 6.07. The van der Waals surface area contributed by atoms with E-state index in [0.29, 0.717) is 5.92 Å². The first kappa shape index (κ1) is 17.6. The van der Waals surface area contributed by atoms with Gasteiger partial charge in [0, 0.05) is 28.5 Å². The number of aromatic nitrogens is 2. The standard InChI is InChI=1S/C24H26N2O/c1-4-26-23-11-6-5-10-21(23)22-15-19(25-16-24(22)26)13-12-17(2)18-8-7-9-20(14-18)27-3/h5-11,14-17H,4,12-13H2,1-3H3/t17-/m0/s1. The van der Waals surface area contributed by atoms with Crippen LogP contribution in [-0.4, -0.2) is 16.7 Å². The van der Waals surface area contributed by atoms with E-state index in [4.69, 9.17) is 9.72 Å². The number of ether oxygens (including phenoxy) is 1. The fourth-order valence-electron chi connectivity index (χ4n) is 3.95. The predicted octanol–water partition coefficient (Wildman–Crippen LogP) is 5.95. The number of para-hydroxylation sites is 1. The first-order valence-electron chi connectivity index (χ1n) is 9.71. The van der Waals surface area contributed by atoms with E-state index < -0.39 is 0 Å². The van der Waals surface area contributed by atoms with Crippen LogP contribution in [0.3, 0.4) is 0 Å². The number of fused-ring (bicyclic) bond motifs is 3. The molecule has 0 N–H and O–H groups in total. The molecule has 0 amide bonds. The van der Waals surface area contributed by atoms with Crippen LogP contribution in [0.4, 0.5) is 0 Å². The van der Waals surface area contributed by atoms with Crippen molar-refractivity contribution in [3.8, 4) is 5.75 Å². The third-order valence-electron chi connectivity index (χ3n) is 5.53. The van der Waals surface area contributed by atoms with E-state index in [0.717, 1.165) is 30.8 Å². The average molecular weight is 358 g/mol. The summed E-state index contributed by atoms with van der Waals surface area (Å²) >= 11 is 0. The maximum Gasteiger partial charge on any atom is 0.119 e. The minimum atomic E-state index is 0.467. The lowest BCUT2D eigenvalue weighted by molar-refractivity contribution is 0.413. The Morgan fingerprint density at radius 2 is 1.85 bits per heavy atom. The molecule has 1 atom stereocenters. The molecule has 4 rings (SSSR count).